The zero-order valence-corrected chi connectivity index (χ0v) is 7.90. The fraction of sp³-hybridized carbons (Fsp3) is 0.455. The van der Waals surface area contributed by atoms with Crippen LogP contribution in [0.25, 0.3) is 0 Å². The molecule has 1 aromatic rings. The van der Waals surface area contributed by atoms with Gasteiger partial charge in [-0.1, -0.05) is 18.2 Å². The van der Waals surface area contributed by atoms with E-state index in [-0.39, 0.29) is 0 Å². The lowest BCUT2D eigenvalue weighted by atomic mass is 10.0. The minimum absolute atomic E-state index is 0.338. The average Bonchev–Trinajstić information content (AvgIpc) is 2.79. The highest BCUT2D eigenvalue weighted by molar-refractivity contribution is 5.43. The molecule has 68 valence electrons. The van der Waals surface area contributed by atoms with Gasteiger partial charge in [0.05, 0.1) is 12.1 Å². The summed E-state index contributed by atoms with van der Waals surface area (Å²) in [5.74, 6) is 1.07. The molecule has 13 heavy (non-hydrogen) atoms. The van der Waals surface area contributed by atoms with Crippen LogP contribution in [0, 0.1) is 0 Å². The van der Waals surface area contributed by atoms with E-state index >= 15 is 0 Å². The fourth-order valence-corrected chi connectivity index (χ4v) is 2.46. The van der Waals surface area contributed by atoms with E-state index in [1.54, 1.807) is 0 Å². The number of likely N-dealkylation sites (N-methyl/N-ethyl adjacent to an activating group) is 1. The molecule has 0 N–H and O–H groups in total. The second kappa shape index (κ2) is 2.26. The molecule has 2 heterocycles. The Balaban J connectivity index is 2.09. The molecule has 4 atom stereocenters. The van der Waals surface area contributed by atoms with Crippen molar-refractivity contribution in [3.63, 3.8) is 0 Å². The Labute approximate surface area is 78.1 Å². The van der Waals surface area contributed by atoms with Crippen molar-refractivity contribution in [3.8, 4) is 5.75 Å². The van der Waals surface area contributed by atoms with Crippen molar-refractivity contribution < 1.29 is 4.74 Å². The van der Waals surface area contributed by atoms with Gasteiger partial charge in [0, 0.05) is 5.56 Å². The lowest BCUT2D eigenvalue weighted by molar-refractivity contribution is 0.196. The maximum absolute atomic E-state index is 5.81. The lowest BCUT2D eigenvalue weighted by Crippen LogP contribution is -2.24. The van der Waals surface area contributed by atoms with Gasteiger partial charge in [-0.3, -0.25) is 4.90 Å². The Bertz CT molecular complexity index is 350. The monoisotopic (exact) mass is 175 g/mol. The second-order valence-corrected chi connectivity index (χ2v) is 3.96. The van der Waals surface area contributed by atoms with Gasteiger partial charge in [0.15, 0.2) is 0 Å². The lowest BCUT2D eigenvalue weighted by Gasteiger charge is -2.20. The number of benzene rings is 1. The number of hydrogen-bond acceptors (Lipinski definition) is 2. The molecular formula is C11H13NO. The largest absolute Gasteiger partial charge is 0.489 e. The Morgan fingerprint density at radius 1 is 1.31 bits per heavy atom. The molecule has 1 unspecified atom stereocenters. The van der Waals surface area contributed by atoms with Gasteiger partial charge in [0.2, 0.25) is 0 Å². The molecule has 0 aliphatic carbocycles. The van der Waals surface area contributed by atoms with Gasteiger partial charge in [-0.25, -0.2) is 0 Å². The van der Waals surface area contributed by atoms with Crippen molar-refractivity contribution in [1.82, 2.24) is 4.90 Å². The quantitative estimate of drug-likeness (QED) is 0.558. The van der Waals surface area contributed by atoms with Gasteiger partial charge >= 0.3 is 0 Å². The molecule has 0 amide bonds. The number of nitrogens with zero attached hydrogens (tertiary/aromatic N) is 1. The molecular weight excluding hydrogens is 162 g/mol. The van der Waals surface area contributed by atoms with Gasteiger partial charge in [0.25, 0.3) is 0 Å². The second-order valence-electron chi connectivity index (χ2n) is 3.96. The van der Waals surface area contributed by atoms with Crippen LogP contribution >= 0.6 is 0 Å². The van der Waals surface area contributed by atoms with Crippen molar-refractivity contribution in [2.75, 3.05) is 7.05 Å². The molecule has 2 aliphatic rings. The van der Waals surface area contributed by atoms with Gasteiger partial charge < -0.3 is 4.74 Å². The SMILES string of the molecule is C[C@@H]1Oc2ccccc2[C@H]2[C@@H]1N2C. The third-order valence-corrected chi connectivity index (χ3v) is 3.17. The summed E-state index contributed by atoms with van der Waals surface area (Å²) in [5, 5.41) is 0. The molecule has 1 saturated heterocycles. The molecule has 2 aliphatic heterocycles. The number of ether oxygens (including phenoxy) is 1. The van der Waals surface area contributed by atoms with E-state index in [9.17, 15) is 0 Å². The number of rotatable bonds is 0. The number of hydrogen-bond donors (Lipinski definition) is 0. The predicted octanol–water partition coefficient (Wildman–Crippen LogP) is 1.82. The third-order valence-electron chi connectivity index (χ3n) is 3.17. The maximum Gasteiger partial charge on any atom is 0.124 e. The summed E-state index contributed by atoms with van der Waals surface area (Å²) in [6, 6.07) is 9.57. The molecule has 2 nitrogen and oxygen atoms in total. The van der Waals surface area contributed by atoms with Crippen molar-refractivity contribution in [2.24, 2.45) is 0 Å². The Hall–Kier alpha value is -1.02. The van der Waals surface area contributed by atoms with Crippen LogP contribution in [0.1, 0.15) is 18.5 Å². The first-order chi connectivity index (χ1) is 6.29. The van der Waals surface area contributed by atoms with Gasteiger partial charge in [-0.05, 0) is 20.0 Å². The normalized spacial score (nSPS) is 40.2. The first-order valence-corrected chi connectivity index (χ1v) is 4.76. The van der Waals surface area contributed by atoms with Crippen LogP contribution in [-0.4, -0.2) is 24.1 Å². The number of fused-ring (bicyclic) bond motifs is 3. The van der Waals surface area contributed by atoms with E-state index in [0.717, 1.165) is 5.75 Å². The first kappa shape index (κ1) is 7.39. The Kier molecular flexibility index (Phi) is 1.29. The van der Waals surface area contributed by atoms with Crippen LogP contribution in [0.4, 0.5) is 0 Å². The fourth-order valence-electron chi connectivity index (χ4n) is 2.46. The molecule has 1 fully saturated rings. The zero-order chi connectivity index (χ0) is 9.00. The summed E-state index contributed by atoms with van der Waals surface area (Å²) in [4.78, 5) is 2.37. The van der Waals surface area contributed by atoms with E-state index < -0.39 is 0 Å². The summed E-state index contributed by atoms with van der Waals surface area (Å²) in [6.45, 7) is 2.15. The Morgan fingerprint density at radius 3 is 2.92 bits per heavy atom. The van der Waals surface area contributed by atoms with E-state index in [2.05, 4.69) is 37.1 Å². The smallest absolute Gasteiger partial charge is 0.124 e. The molecule has 0 spiro atoms. The van der Waals surface area contributed by atoms with Crippen LogP contribution in [-0.2, 0) is 0 Å². The van der Waals surface area contributed by atoms with Crippen LogP contribution in [0.2, 0.25) is 0 Å². The maximum atomic E-state index is 5.81. The van der Waals surface area contributed by atoms with Crippen LogP contribution in [0.15, 0.2) is 24.3 Å². The minimum atomic E-state index is 0.338. The standard InChI is InChI=1S/C11H13NO/c1-7-10-11(12(10)2)8-5-3-4-6-9(8)13-7/h3-7,10-11H,1-2H3/t7-,10+,11-,12?/m0/s1. The van der Waals surface area contributed by atoms with Gasteiger partial charge in [-0.2, -0.15) is 0 Å². The predicted molar refractivity (Wildman–Crippen MR) is 50.8 cm³/mol. The molecule has 0 radical (unpaired) electrons. The summed E-state index contributed by atoms with van der Waals surface area (Å²) >= 11 is 0. The van der Waals surface area contributed by atoms with Crippen molar-refractivity contribution in [1.29, 1.82) is 0 Å². The van der Waals surface area contributed by atoms with Crippen LogP contribution < -0.4 is 4.74 Å². The zero-order valence-electron chi connectivity index (χ0n) is 7.90. The van der Waals surface area contributed by atoms with Crippen LogP contribution in [0.5, 0.6) is 5.75 Å². The highest BCUT2D eigenvalue weighted by Crippen LogP contribution is 2.50. The van der Waals surface area contributed by atoms with Crippen LogP contribution in [0.3, 0.4) is 0 Å². The van der Waals surface area contributed by atoms with Gasteiger partial charge in [-0.15, -0.1) is 0 Å². The third kappa shape index (κ3) is 0.866. The molecule has 1 aromatic carbocycles. The Morgan fingerprint density at radius 2 is 2.08 bits per heavy atom. The summed E-state index contributed by atoms with van der Waals surface area (Å²) in [5.41, 5.74) is 1.35. The summed E-state index contributed by atoms with van der Waals surface area (Å²) < 4.78 is 5.81. The van der Waals surface area contributed by atoms with Gasteiger partial charge in [0.1, 0.15) is 11.9 Å². The first-order valence-electron chi connectivity index (χ1n) is 4.76. The van der Waals surface area contributed by atoms with E-state index in [1.807, 2.05) is 6.07 Å². The van der Waals surface area contributed by atoms with E-state index in [4.69, 9.17) is 4.74 Å². The molecule has 0 aromatic heterocycles. The topological polar surface area (TPSA) is 12.2 Å². The molecule has 2 heteroatoms. The minimum Gasteiger partial charge on any atom is -0.489 e. The summed E-state index contributed by atoms with van der Waals surface area (Å²) in [7, 11) is 2.16. The molecule has 0 bridgehead atoms. The highest BCUT2D eigenvalue weighted by atomic mass is 16.5. The van der Waals surface area contributed by atoms with E-state index in [0.29, 0.717) is 18.2 Å². The summed E-state index contributed by atoms with van der Waals surface area (Å²) in [6.07, 6.45) is 0.338. The highest BCUT2D eigenvalue weighted by Gasteiger charge is 2.53. The average molecular weight is 175 g/mol. The van der Waals surface area contributed by atoms with Crippen molar-refractivity contribution >= 4 is 0 Å². The molecule has 0 saturated carbocycles. The van der Waals surface area contributed by atoms with Crippen molar-refractivity contribution in [2.45, 2.75) is 25.1 Å². The van der Waals surface area contributed by atoms with E-state index in [1.165, 1.54) is 5.56 Å². The molecule has 3 rings (SSSR count). The van der Waals surface area contributed by atoms with Crippen molar-refractivity contribution in [3.05, 3.63) is 29.8 Å². The number of para-hydroxylation sites is 1.